The van der Waals surface area contributed by atoms with Gasteiger partial charge in [0.05, 0.1) is 18.2 Å². The van der Waals surface area contributed by atoms with Gasteiger partial charge in [-0.25, -0.2) is 4.79 Å². The van der Waals surface area contributed by atoms with Gasteiger partial charge in [-0.05, 0) is 35.9 Å². The number of carbonyl (C=O) groups excluding carboxylic acids is 2. The number of hydrogen-bond donors (Lipinski definition) is 0. The molecule has 1 atom stereocenters. The first-order valence-electron chi connectivity index (χ1n) is 6.44. The van der Waals surface area contributed by atoms with E-state index in [1.54, 1.807) is 35.6 Å². The zero-order chi connectivity index (χ0) is 15.9. The molecule has 114 valence electrons. The van der Waals surface area contributed by atoms with Crippen molar-refractivity contribution in [2.45, 2.75) is 5.75 Å². The molecule has 2 rings (SSSR count). The van der Waals surface area contributed by atoms with Crippen molar-refractivity contribution in [1.29, 1.82) is 0 Å². The molecular weight excluding hydrogens is 319 g/mol. The lowest BCUT2D eigenvalue weighted by atomic mass is 10.1. The maximum Gasteiger partial charge on any atom is 0.343 e. The second kappa shape index (κ2) is 7.97. The van der Waals surface area contributed by atoms with Gasteiger partial charge in [-0.3, -0.25) is 4.79 Å². The minimum Gasteiger partial charge on any atom is -0.497 e. The van der Waals surface area contributed by atoms with Crippen LogP contribution < -0.4 is 9.47 Å². The van der Waals surface area contributed by atoms with Crippen molar-refractivity contribution in [2.24, 2.45) is 0 Å². The van der Waals surface area contributed by atoms with E-state index in [-0.39, 0.29) is 11.3 Å². The Hall–Kier alpha value is -1.84. The van der Waals surface area contributed by atoms with E-state index in [4.69, 9.17) is 9.47 Å². The Morgan fingerprint density at radius 3 is 2.55 bits per heavy atom. The number of carbonyl (C=O) groups is 2. The summed E-state index contributed by atoms with van der Waals surface area (Å²) in [7, 11) is 4.09. The van der Waals surface area contributed by atoms with Crippen LogP contribution in [-0.4, -0.2) is 19.4 Å². The first-order valence-corrected chi connectivity index (χ1v) is 8.90. The fourth-order valence-electron chi connectivity index (χ4n) is 1.83. The van der Waals surface area contributed by atoms with Crippen molar-refractivity contribution in [2.75, 3.05) is 7.11 Å². The molecule has 22 heavy (non-hydrogen) atoms. The average molecular weight is 334 g/mol. The highest BCUT2D eigenvalue weighted by molar-refractivity contribution is 8.43. The van der Waals surface area contributed by atoms with Gasteiger partial charge in [0.1, 0.15) is 11.5 Å². The van der Waals surface area contributed by atoms with Crippen LogP contribution in [0.1, 0.15) is 26.3 Å². The van der Waals surface area contributed by atoms with Gasteiger partial charge < -0.3 is 9.47 Å². The Labute approximate surface area is 135 Å². The van der Waals surface area contributed by atoms with Crippen molar-refractivity contribution in [3.63, 3.8) is 0 Å². The van der Waals surface area contributed by atoms with Gasteiger partial charge in [-0.1, -0.05) is 20.6 Å². The minimum atomic E-state index is -0.502. The van der Waals surface area contributed by atoms with Crippen LogP contribution in [0.4, 0.5) is 0 Å². The van der Waals surface area contributed by atoms with Crippen molar-refractivity contribution < 1.29 is 19.1 Å². The van der Waals surface area contributed by atoms with Gasteiger partial charge in [0.25, 0.3) is 0 Å². The number of ether oxygens (including phenoxy) is 2. The Morgan fingerprint density at radius 2 is 1.95 bits per heavy atom. The van der Waals surface area contributed by atoms with E-state index in [0.29, 0.717) is 17.6 Å². The van der Waals surface area contributed by atoms with E-state index in [0.717, 1.165) is 11.3 Å². The Bertz CT molecular complexity index is 670. The lowest BCUT2D eigenvalue weighted by Crippen LogP contribution is -2.09. The van der Waals surface area contributed by atoms with Crippen molar-refractivity contribution in [3.8, 4) is 11.5 Å². The summed E-state index contributed by atoms with van der Waals surface area (Å²) in [6.45, 7) is 0. The molecule has 0 fully saturated rings. The van der Waals surface area contributed by atoms with E-state index in [1.807, 2.05) is 12.1 Å². The van der Waals surface area contributed by atoms with Crippen molar-refractivity contribution in [3.05, 3.63) is 59.2 Å². The second-order valence-electron chi connectivity index (χ2n) is 4.42. The summed E-state index contributed by atoms with van der Waals surface area (Å²) in [5, 5.41) is 0. The highest BCUT2D eigenvalue weighted by Gasteiger charge is 2.12. The number of esters is 1. The normalized spacial score (nSPS) is 10.1. The number of benzene rings is 2. The summed E-state index contributed by atoms with van der Waals surface area (Å²) in [6.07, 6.45) is 0.629. The van der Waals surface area contributed by atoms with Crippen LogP contribution in [0.3, 0.4) is 0 Å². The van der Waals surface area contributed by atoms with Gasteiger partial charge >= 0.3 is 5.97 Å². The van der Waals surface area contributed by atoms with E-state index in [9.17, 15) is 9.59 Å². The molecule has 0 spiro atoms. The fraction of sp³-hybridized carbons (Fsp3) is 0.125. The highest BCUT2D eigenvalue weighted by Crippen LogP contribution is 2.24. The van der Waals surface area contributed by atoms with E-state index in [2.05, 4.69) is 8.44 Å². The predicted molar refractivity (Wildman–Crippen MR) is 90.8 cm³/mol. The maximum absolute atomic E-state index is 12.1. The summed E-state index contributed by atoms with van der Waals surface area (Å²) in [5.74, 6) is 1.10. The summed E-state index contributed by atoms with van der Waals surface area (Å²) in [6, 6.07) is 11.9. The van der Waals surface area contributed by atoms with Crippen LogP contribution in [-0.2, 0) is 5.75 Å². The summed E-state index contributed by atoms with van der Waals surface area (Å²) in [4.78, 5) is 23.2. The molecule has 0 saturated heterocycles. The van der Waals surface area contributed by atoms with Crippen LogP contribution >= 0.6 is 19.8 Å². The molecule has 0 aliphatic rings. The van der Waals surface area contributed by atoms with Crippen LogP contribution in [0, 0.1) is 0 Å². The van der Waals surface area contributed by atoms with E-state index in [1.165, 1.54) is 13.2 Å². The second-order valence-corrected chi connectivity index (χ2v) is 6.04. The monoisotopic (exact) mass is 334 g/mol. The Balaban J connectivity index is 2.16. The zero-order valence-electron chi connectivity index (χ0n) is 11.9. The van der Waals surface area contributed by atoms with E-state index >= 15 is 0 Å². The third-order valence-electron chi connectivity index (χ3n) is 2.99. The largest absolute Gasteiger partial charge is 0.497 e. The molecule has 0 saturated carbocycles. The predicted octanol–water partition coefficient (Wildman–Crippen LogP) is 3.75. The third kappa shape index (κ3) is 4.09. The topological polar surface area (TPSA) is 52.6 Å². The summed E-state index contributed by atoms with van der Waals surface area (Å²) in [5.41, 5.74) is 1.82. The minimum absolute atomic E-state index is 0.213. The highest BCUT2D eigenvalue weighted by atomic mass is 32.7. The third-order valence-corrected chi connectivity index (χ3v) is 3.99. The molecule has 6 heteroatoms. The van der Waals surface area contributed by atoms with Crippen molar-refractivity contribution in [1.82, 2.24) is 0 Å². The number of aldehydes is 1. The first kappa shape index (κ1) is 16.5. The van der Waals surface area contributed by atoms with Gasteiger partial charge in [-0.2, -0.15) is 0 Å². The molecule has 0 aliphatic carbocycles. The van der Waals surface area contributed by atoms with Crippen LogP contribution in [0.25, 0.3) is 0 Å². The van der Waals surface area contributed by atoms with Gasteiger partial charge in [0.2, 0.25) is 0 Å². The van der Waals surface area contributed by atoms with Crippen LogP contribution in [0.5, 0.6) is 11.5 Å². The zero-order valence-corrected chi connectivity index (χ0v) is 13.9. The molecule has 0 aliphatic heterocycles. The summed E-state index contributed by atoms with van der Waals surface area (Å²) >= 11 is 1.63. The van der Waals surface area contributed by atoms with Crippen LogP contribution in [0.15, 0.2) is 42.5 Å². The molecular formula is C16H15O4PS. The van der Waals surface area contributed by atoms with Gasteiger partial charge in [-0.15, -0.1) is 11.4 Å². The molecule has 0 heterocycles. The number of rotatable bonds is 6. The number of hydrogen-bond acceptors (Lipinski definition) is 5. The number of methoxy groups -OCH3 is 1. The van der Waals surface area contributed by atoms with E-state index < -0.39 is 5.97 Å². The van der Waals surface area contributed by atoms with Crippen LogP contribution in [0.2, 0.25) is 0 Å². The Kier molecular flexibility index (Phi) is 5.99. The quantitative estimate of drug-likeness (QED) is 0.348. The molecule has 1 unspecified atom stereocenters. The molecule has 0 radical (unpaired) electrons. The molecule has 2 aromatic carbocycles. The molecule has 0 aromatic heterocycles. The van der Waals surface area contributed by atoms with Gasteiger partial charge in [0, 0.05) is 5.75 Å². The molecule has 4 nitrogen and oxygen atoms in total. The lowest BCUT2D eigenvalue weighted by Gasteiger charge is -2.08. The van der Waals surface area contributed by atoms with Gasteiger partial charge in [0.15, 0.2) is 6.29 Å². The standard InChI is InChI=1S/C16H15O4PS/c1-19-14-6-7-15(13(8-14)9-17)20-16(18)12-4-2-11(3-5-12)10-22-21/h2-9H,10,21H2,1H3. The molecule has 0 amide bonds. The Morgan fingerprint density at radius 1 is 1.23 bits per heavy atom. The molecule has 0 N–H and O–H groups in total. The SMILES string of the molecule is COc1ccc(OC(=O)c2ccc(CSP)cc2)c(C=O)c1. The maximum atomic E-state index is 12.1. The average Bonchev–Trinajstić information content (AvgIpc) is 2.56. The van der Waals surface area contributed by atoms with Crippen molar-refractivity contribution >= 4 is 32.1 Å². The fourth-order valence-corrected chi connectivity index (χ4v) is 2.79. The summed E-state index contributed by atoms with van der Waals surface area (Å²) < 4.78 is 10.3. The molecule has 0 bridgehead atoms. The smallest absolute Gasteiger partial charge is 0.343 e. The molecule has 2 aromatic rings. The lowest BCUT2D eigenvalue weighted by molar-refractivity contribution is 0.0733. The first-order chi connectivity index (χ1) is 10.7.